The lowest BCUT2D eigenvalue weighted by atomic mass is 10.1. The van der Waals surface area contributed by atoms with Gasteiger partial charge >= 0.3 is 5.97 Å². The van der Waals surface area contributed by atoms with Crippen molar-refractivity contribution in [2.45, 2.75) is 31.8 Å². The number of hydrogen-bond acceptors (Lipinski definition) is 6. The molecular formula is C22H26N2O6S. The normalized spacial score (nSPS) is 12.5. The number of carbonyl (C=O) groups is 3. The van der Waals surface area contributed by atoms with Crippen LogP contribution in [0.3, 0.4) is 0 Å². The van der Waals surface area contributed by atoms with Gasteiger partial charge in [-0.2, -0.15) is 0 Å². The van der Waals surface area contributed by atoms with Gasteiger partial charge in [0, 0.05) is 31.3 Å². The molecule has 31 heavy (non-hydrogen) atoms. The highest BCUT2D eigenvalue weighted by Crippen LogP contribution is 2.17. The fraction of sp³-hybridized carbons (Fsp3) is 0.318. The fourth-order valence-corrected chi connectivity index (χ4v) is 3.46. The number of carbonyl (C=O) groups excluding carboxylic acids is 3. The number of hydrogen-bond donors (Lipinski definition) is 1. The molecule has 166 valence electrons. The Morgan fingerprint density at radius 3 is 2.10 bits per heavy atom. The minimum Gasteiger partial charge on any atom is -0.451 e. The quantitative estimate of drug-likeness (QED) is 0.493. The van der Waals surface area contributed by atoms with E-state index in [9.17, 15) is 22.8 Å². The van der Waals surface area contributed by atoms with E-state index < -0.39 is 27.9 Å². The fourth-order valence-electron chi connectivity index (χ4n) is 2.52. The molecule has 8 nitrogen and oxygen atoms in total. The summed E-state index contributed by atoms with van der Waals surface area (Å²) in [7, 11) is -0.931. The van der Waals surface area contributed by atoms with Crippen molar-refractivity contribution in [3.05, 3.63) is 59.7 Å². The second kappa shape index (κ2) is 9.84. The molecule has 0 saturated heterocycles. The summed E-state index contributed by atoms with van der Waals surface area (Å²) in [6.07, 6.45) is -1.09. The molecule has 0 spiro atoms. The van der Waals surface area contributed by atoms with Crippen LogP contribution in [-0.4, -0.2) is 50.6 Å². The SMILES string of the molecule is CC(C)C(=O)Nc1ccc(C(=O)C(C)OC(=O)c2cccc(S(=O)(=O)N(C)C)c2)cc1. The standard InChI is InChI=1S/C22H26N2O6S/c1-14(2)21(26)23-18-11-9-16(10-12-18)20(25)15(3)30-22(27)17-7-6-8-19(13-17)31(28,29)24(4)5/h6-15H,1-5H3,(H,23,26). The minimum atomic E-state index is -3.71. The first-order valence-corrected chi connectivity index (χ1v) is 11.1. The lowest BCUT2D eigenvalue weighted by Gasteiger charge is -2.14. The molecule has 0 aromatic heterocycles. The Labute approximate surface area is 182 Å². The van der Waals surface area contributed by atoms with E-state index in [-0.39, 0.29) is 22.3 Å². The lowest BCUT2D eigenvalue weighted by molar-refractivity contribution is -0.118. The van der Waals surface area contributed by atoms with Crippen LogP contribution in [0.25, 0.3) is 0 Å². The number of amides is 1. The Bertz CT molecular complexity index is 1080. The highest BCUT2D eigenvalue weighted by atomic mass is 32.2. The van der Waals surface area contributed by atoms with E-state index in [1.807, 2.05) is 0 Å². The maximum absolute atomic E-state index is 12.6. The number of nitrogens with zero attached hydrogens (tertiary/aromatic N) is 1. The number of Topliss-reactive ketones (excluding diaryl/α,β-unsaturated/α-hetero) is 1. The molecule has 0 saturated carbocycles. The third kappa shape index (κ3) is 5.99. The van der Waals surface area contributed by atoms with Gasteiger partial charge in [-0.05, 0) is 49.4 Å². The van der Waals surface area contributed by atoms with Crippen molar-refractivity contribution in [3.8, 4) is 0 Å². The molecule has 1 unspecified atom stereocenters. The van der Waals surface area contributed by atoms with Crippen molar-refractivity contribution >= 4 is 33.4 Å². The molecule has 1 N–H and O–H groups in total. The van der Waals surface area contributed by atoms with E-state index in [1.165, 1.54) is 57.4 Å². The maximum atomic E-state index is 12.6. The summed E-state index contributed by atoms with van der Waals surface area (Å²) in [5.74, 6) is -1.54. The van der Waals surface area contributed by atoms with Crippen LogP contribution < -0.4 is 5.32 Å². The number of ether oxygens (including phenoxy) is 1. The van der Waals surface area contributed by atoms with Crippen LogP contribution in [0.15, 0.2) is 53.4 Å². The van der Waals surface area contributed by atoms with Crippen LogP contribution in [0.5, 0.6) is 0 Å². The van der Waals surface area contributed by atoms with E-state index in [1.54, 1.807) is 26.0 Å². The number of benzene rings is 2. The Hall–Kier alpha value is -3.04. The Morgan fingerprint density at radius 2 is 1.55 bits per heavy atom. The Kier molecular flexibility index (Phi) is 7.70. The highest BCUT2D eigenvalue weighted by Gasteiger charge is 2.23. The first-order chi connectivity index (χ1) is 14.4. The zero-order valence-electron chi connectivity index (χ0n) is 18.1. The Morgan fingerprint density at radius 1 is 0.935 bits per heavy atom. The zero-order valence-corrected chi connectivity index (χ0v) is 18.9. The number of ketones is 1. The second-order valence-corrected chi connectivity index (χ2v) is 9.60. The number of anilines is 1. The molecule has 1 atom stereocenters. The maximum Gasteiger partial charge on any atom is 0.338 e. The smallest absolute Gasteiger partial charge is 0.338 e. The molecule has 0 radical (unpaired) electrons. The summed E-state index contributed by atoms with van der Waals surface area (Å²) < 4.78 is 30.8. The van der Waals surface area contributed by atoms with Crippen LogP contribution in [-0.2, 0) is 19.6 Å². The molecular weight excluding hydrogens is 420 g/mol. The largest absolute Gasteiger partial charge is 0.451 e. The van der Waals surface area contributed by atoms with Crippen LogP contribution in [0.2, 0.25) is 0 Å². The van der Waals surface area contributed by atoms with Gasteiger partial charge in [-0.1, -0.05) is 19.9 Å². The Balaban J connectivity index is 2.09. The summed E-state index contributed by atoms with van der Waals surface area (Å²) in [6, 6.07) is 11.7. The average Bonchev–Trinajstić information content (AvgIpc) is 2.73. The van der Waals surface area contributed by atoms with Gasteiger partial charge in [0.05, 0.1) is 10.5 Å². The second-order valence-electron chi connectivity index (χ2n) is 7.45. The summed E-state index contributed by atoms with van der Waals surface area (Å²) in [5.41, 5.74) is 0.889. The van der Waals surface area contributed by atoms with E-state index in [4.69, 9.17) is 4.74 Å². The number of nitrogens with one attached hydrogen (secondary N) is 1. The van der Waals surface area contributed by atoms with Crippen LogP contribution >= 0.6 is 0 Å². The lowest BCUT2D eigenvalue weighted by Crippen LogP contribution is -2.25. The average molecular weight is 447 g/mol. The number of esters is 1. The molecule has 2 aromatic rings. The van der Waals surface area contributed by atoms with Crippen molar-refractivity contribution in [2.24, 2.45) is 5.92 Å². The first kappa shape index (κ1) is 24.2. The van der Waals surface area contributed by atoms with E-state index in [0.717, 1.165) is 4.31 Å². The third-order valence-corrected chi connectivity index (χ3v) is 6.27. The highest BCUT2D eigenvalue weighted by molar-refractivity contribution is 7.89. The minimum absolute atomic E-state index is 0.0225. The van der Waals surface area contributed by atoms with Gasteiger partial charge in [-0.25, -0.2) is 17.5 Å². The van der Waals surface area contributed by atoms with E-state index >= 15 is 0 Å². The summed E-state index contributed by atoms with van der Waals surface area (Å²) >= 11 is 0. The summed E-state index contributed by atoms with van der Waals surface area (Å²) in [6.45, 7) is 4.98. The number of sulfonamides is 1. The van der Waals surface area contributed by atoms with Crippen molar-refractivity contribution in [1.29, 1.82) is 0 Å². The summed E-state index contributed by atoms with van der Waals surface area (Å²) in [4.78, 5) is 36.7. The van der Waals surface area contributed by atoms with Crippen molar-refractivity contribution in [1.82, 2.24) is 4.31 Å². The van der Waals surface area contributed by atoms with Crippen LogP contribution in [0.1, 0.15) is 41.5 Å². The molecule has 0 bridgehead atoms. The number of rotatable bonds is 8. The molecule has 1 amide bonds. The van der Waals surface area contributed by atoms with Gasteiger partial charge in [0.15, 0.2) is 6.10 Å². The van der Waals surface area contributed by atoms with Crippen LogP contribution in [0, 0.1) is 5.92 Å². The molecule has 0 heterocycles. The van der Waals surface area contributed by atoms with Gasteiger partial charge in [0.1, 0.15) is 0 Å². The molecule has 0 aliphatic carbocycles. The predicted octanol–water partition coefficient (Wildman–Crippen LogP) is 2.96. The van der Waals surface area contributed by atoms with Gasteiger partial charge in [-0.15, -0.1) is 0 Å². The van der Waals surface area contributed by atoms with Crippen LogP contribution in [0.4, 0.5) is 5.69 Å². The predicted molar refractivity (Wildman–Crippen MR) is 116 cm³/mol. The topological polar surface area (TPSA) is 110 Å². The van der Waals surface area contributed by atoms with Crippen molar-refractivity contribution in [3.63, 3.8) is 0 Å². The zero-order chi connectivity index (χ0) is 23.3. The monoisotopic (exact) mass is 446 g/mol. The van der Waals surface area contributed by atoms with Gasteiger partial charge in [0.2, 0.25) is 21.7 Å². The van der Waals surface area contributed by atoms with E-state index in [2.05, 4.69) is 5.32 Å². The molecule has 0 aliphatic heterocycles. The molecule has 9 heteroatoms. The van der Waals surface area contributed by atoms with Crippen molar-refractivity contribution < 1.29 is 27.5 Å². The first-order valence-electron chi connectivity index (χ1n) is 9.62. The molecule has 2 aromatic carbocycles. The molecule has 0 fully saturated rings. The molecule has 2 rings (SSSR count). The van der Waals surface area contributed by atoms with E-state index in [0.29, 0.717) is 11.3 Å². The van der Waals surface area contributed by atoms with Gasteiger partial charge in [-0.3, -0.25) is 9.59 Å². The molecule has 0 aliphatic rings. The summed E-state index contributed by atoms with van der Waals surface area (Å²) in [5, 5.41) is 2.73. The van der Waals surface area contributed by atoms with Crippen molar-refractivity contribution in [2.75, 3.05) is 19.4 Å². The van der Waals surface area contributed by atoms with Gasteiger partial charge in [0.25, 0.3) is 0 Å². The third-order valence-electron chi connectivity index (χ3n) is 4.46. The van der Waals surface area contributed by atoms with Gasteiger partial charge < -0.3 is 10.1 Å².